The molecule has 0 aliphatic carbocycles. The van der Waals surface area contributed by atoms with Crippen molar-refractivity contribution in [3.8, 4) is 11.3 Å². The maximum Gasteiger partial charge on any atom is 0.160 e. The van der Waals surface area contributed by atoms with Crippen molar-refractivity contribution in [2.24, 2.45) is 0 Å². The van der Waals surface area contributed by atoms with Gasteiger partial charge in [0, 0.05) is 48.2 Å². The van der Waals surface area contributed by atoms with E-state index in [0.29, 0.717) is 17.8 Å². The molecule has 0 bridgehead atoms. The highest BCUT2D eigenvalue weighted by atomic mass is 19.1. The fraction of sp³-hybridized carbons (Fsp3) is 0.176. The van der Waals surface area contributed by atoms with Crippen molar-refractivity contribution < 1.29 is 4.39 Å². The number of rotatable bonds is 5. The van der Waals surface area contributed by atoms with E-state index in [1.807, 2.05) is 19.1 Å². The average Bonchev–Trinajstić information content (AvgIpc) is 3.25. The predicted molar refractivity (Wildman–Crippen MR) is 91.7 cm³/mol. The Morgan fingerprint density at radius 3 is 2.96 bits per heavy atom. The van der Waals surface area contributed by atoms with Gasteiger partial charge in [-0.1, -0.05) is 0 Å². The van der Waals surface area contributed by atoms with Crippen LogP contribution in [0.4, 0.5) is 10.2 Å². The molecule has 4 heterocycles. The molecular formula is C17H16FN7. The third-order valence-electron chi connectivity index (χ3n) is 3.91. The second kappa shape index (κ2) is 6.31. The second-order valence-electron chi connectivity index (χ2n) is 5.74. The summed E-state index contributed by atoms with van der Waals surface area (Å²) in [6.07, 6.45) is 7.06. The minimum absolute atomic E-state index is 0.391. The molecule has 2 N–H and O–H groups in total. The van der Waals surface area contributed by atoms with Gasteiger partial charge in [-0.05, 0) is 19.1 Å². The van der Waals surface area contributed by atoms with Crippen LogP contribution in [-0.4, -0.2) is 36.3 Å². The van der Waals surface area contributed by atoms with Crippen molar-refractivity contribution in [2.75, 3.05) is 11.9 Å². The highest BCUT2D eigenvalue weighted by molar-refractivity contribution is 5.67. The van der Waals surface area contributed by atoms with E-state index in [1.165, 1.54) is 12.3 Å². The number of anilines is 1. The van der Waals surface area contributed by atoms with Crippen LogP contribution in [0.25, 0.3) is 16.9 Å². The Morgan fingerprint density at radius 2 is 2.16 bits per heavy atom. The van der Waals surface area contributed by atoms with E-state index < -0.39 is 5.82 Å². The van der Waals surface area contributed by atoms with E-state index in [1.54, 1.807) is 23.1 Å². The van der Waals surface area contributed by atoms with Gasteiger partial charge in [-0.3, -0.25) is 10.1 Å². The number of nitrogens with zero attached hydrogens (tertiary/aromatic N) is 5. The van der Waals surface area contributed by atoms with Crippen LogP contribution in [0, 0.1) is 12.7 Å². The summed E-state index contributed by atoms with van der Waals surface area (Å²) in [6, 6.07) is 5.21. The fourth-order valence-corrected chi connectivity index (χ4v) is 2.65. The summed E-state index contributed by atoms with van der Waals surface area (Å²) in [7, 11) is 0. The third kappa shape index (κ3) is 3.06. The number of hydrogen-bond donors (Lipinski definition) is 2. The van der Waals surface area contributed by atoms with Crippen LogP contribution in [-0.2, 0) is 6.42 Å². The van der Waals surface area contributed by atoms with Gasteiger partial charge in [0.15, 0.2) is 5.65 Å². The molecule has 126 valence electrons. The zero-order valence-electron chi connectivity index (χ0n) is 13.6. The zero-order chi connectivity index (χ0) is 17.2. The summed E-state index contributed by atoms with van der Waals surface area (Å²) in [4.78, 5) is 8.51. The lowest BCUT2D eigenvalue weighted by molar-refractivity contribution is 0.622. The maximum atomic E-state index is 13.5. The molecule has 25 heavy (non-hydrogen) atoms. The molecule has 0 aromatic carbocycles. The van der Waals surface area contributed by atoms with Gasteiger partial charge in [0.05, 0.1) is 18.1 Å². The smallest absolute Gasteiger partial charge is 0.160 e. The first-order valence-electron chi connectivity index (χ1n) is 7.89. The van der Waals surface area contributed by atoms with Gasteiger partial charge in [0.1, 0.15) is 11.6 Å². The van der Waals surface area contributed by atoms with Crippen molar-refractivity contribution in [3.63, 3.8) is 0 Å². The van der Waals surface area contributed by atoms with Gasteiger partial charge in [0.2, 0.25) is 0 Å². The molecule has 0 aliphatic rings. The summed E-state index contributed by atoms with van der Waals surface area (Å²) in [5, 5.41) is 14.6. The molecule has 4 rings (SSSR count). The molecule has 8 heteroatoms. The van der Waals surface area contributed by atoms with Crippen molar-refractivity contribution in [3.05, 3.63) is 60.1 Å². The monoisotopic (exact) mass is 337 g/mol. The number of nitrogens with one attached hydrogen (secondary N) is 2. The quantitative estimate of drug-likeness (QED) is 0.585. The average molecular weight is 337 g/mol. The molecule has 0 saturated carbocycles. The third-order valence-corrected chi connectivity index (χ3v) is 3.91. The lowest BCUT2D eigenvalue weighted by atomic mass is 10.2. The maximum absolute atomic E-state index is 13.5. The van der Waals surface area contributed by atoms with Crippen LogP contribution >= 0.6 is 0 Å². The van der Waals surface area contributed by atoms with E-state index >= 15 is 0 Å². The van der Waals surface area contributed by atoms with E-state index in [4.69, 9.17) is 0 Å². The fourth-order valence-electron chi connectivity index (χ4n) is 2.65. The Morgan fingerprint density at radius 1 is 1.24 bits per heavy atom. The number of pyridine rings is 1. The molecule has 0 spiro atoms. The molecule has 0 saturated heterocycles. The zero-order valence-corrected chi connectivity index (χ0v) is 13.6. The predicted octanol–water partition coefficient (Wildman–Crippen LogP) is 2.62. The van der Waals surface area contributed by atoms with E-state index in [2.05, 4.69) is 30.6 Å². The molecule has 0 unspecified atom stereocenters. The number of H-pyrrole nitrogens is 1. The Balaban J connectivity index is 1.69. The van der Waals surface area contributed by atoms with Crippen molar-refractivity contribution in [1.82, 2.24) is 29.8 Å². The minimum atomic E-state index is -0.391. The van der Waals surface area contributed by atoms with Gasteiger partial charge < -0.3 is 5.32 Å². The molecule has 0 atom stereocenters. The Bertz CT molecular complexity index is 1010. The molecule has 0 fully saturated rings. The molecule has 0 radical (unpaired) electrons. The van der Waals surface area contributed by atoms with Gasteiger partial charge in [-0.25, -0.2) is 9.37 Å². The topological polar surface area (TPSA) is 83.8 Å². The van der Waals surface area contributed by atoms with Crippen molar-refractivity contribution in [1.29, 1.82) is 0 Å². The first kappa shape index (κ1) is 15.3. The summed E-state index contributed by atoms with van der Waals surface area (Å²) >= 11 is 0. The molecule has 4 aromatic heterocycles. The summed E-state index contributed by atoms with van der Waals surface area (Å²) < 4.78 is 15.3. The standard InChI is InChI=1S/C17H16FN7/c1-11-8-22-25-16(20-4-2-14-3-5-21-24-14)7-15(23-17(11)25)12-6-13(18)10-19-9-12/h3,5-10,20H,2,4H2,1H3,(H,21,24). The number of aromatic amines is 1. The van der Waals surface area contributed by atoms with Gasteiger partial charge >= 0.3 is 0 Å². The van der Waals surface area contributed by atoms with Crippen molar-refractivity contribution >= 4 is 11.5 Å². The second-order valence-corrected chi connectivity index (χ2v) is 5.74. The van der Waals surface area contributed by atoms with Gasteiger partial charge in [-0.2, -0.15) is 14.7 Å². The van der Waals surface area contributed by atoms with Gasteiger partial charge in [0.25, 0.3) is 0 Å². The Labute approximate surface area is 142 Å². The van der Waals surface area contributed by atoms with Crippen LogP contribution < -0.4 is 5.32 Å². The summed E-state index contributed by atoms with van der Waals surface area (Å²) in [6.45, 7) is 2.64. The number of halogens is 1. The van der Waals surface area contributed by atoms with Crippen LogP contribution in [0.1, 0.15) is 11.3 Å². The van der Waals surface area contributed by atoms with Crippen molar-refractivity contribution in [2.45, 2.75) is 13.3 Å². The van der Waals surface area contributed by atoms with E-state index in [0.717, 1.165) is 29.1 Å². The highest BCUT2D eigenvalue weighted by Gasteiger charge is 2.11. The highest BCUT2D eigenvalue weighted by Crippen LogP contribution is 2.23. The van der Waals surface area contributed by atoms with Gasteiger partial charge in [-0.15, -0.1) is 0 Å². The molecule has 7 nitrogen and oxygen atoms in total. The number of fused-ring (bicyclic) bond motifs is 1. The summed E-state index contributed by atoms with van der Waals surface area (Å²) in [5.41, 5.74) is 3.99. The summed E-state index contributed by atoms with van der Waals surface area (Å²) in [5.74, 6) is 0.398. The number of hydrogen-bond acceptors (Lipinski definition) is 5. The molecule has 0 amide bonds. The first-order chi connectivity index (χ1) is 12.2. The Kier molecular flexibility index (Phi) is 3.85. The normalized spacial score (nSPS) is 11.1. The molecule has 0 aliphatic heterocycles. The largest absolute Gasteiger partial charge is 0.369 e. The van der Waals surface area contributed by atoms with Crippen LogP contribution in [0.5, 0.6) is 0 Å². The minimum Gasteiger partial charge on any atom is -0.369 e. The Hall–Kier alpha value is -3.29. The first-order valence-corrected chi connectivity index (χ1v) is 7.89. The van der Waals surface area contributed by atoms with Crippen LogP contribution in [0.15, 0.2) is 43.0 Å². The van der Waals surface area contributed by atoms with E-state index in [9.17, 15) is 4.39 Å². The SMILES string of the molecule is Cc1cnn2c(NCCc3ccn[nH]3)cc(-c3cncc(F)c3)nc12. The van der Waals surface area contributed by atoms with Crippen LogP contribution in [0.3, 0.4) is 0 Å². The lowest BCUT2D eigenvalue weighted by Crippen LogP contribution is -2.10. The molecular weight excluding hydrogens is 321 g/mol. The van der Waals surface area contributed by atoms with Crippen LogP contribution in [0.2, 0.25) is 0 Å². The number of aromatic nitrogens is 6. The lowest BCUT2D eigenvalue weighted by Gasteiger charge is -2.10. The number of aryl methyl sites for hydroxylation is 1. The van der Waals surface area contributed by atoms with E-state index in [-0.39, 0.29) is 0 Å². The molecule has 4 aromatic rings.